The van der Waals surface area contributed by atoms with Crippen molar-refractivity contribution in [1.82, 2.24) is 0 Å². The maximum atomic E-state index is 10.7. The van der Waals surface area contributed by atoms with Gasteiger partial charge in [-0.25, -0.2) is 0 Å². The molecule has 5 heteroatoms. The van der Waals surface area contributed by atoms with E-state index in [2.05, 4.69) is 0 Å². The minimum atomic E-state index is -1.01. The van der Waals surface area contributed by atoms with E-state index >= 15 is 0 Å². The number of benzene rings is 1. The first-order chi connectivity index (χ1) is 7.95. The van der Waals surface area contributed by atoms with Crippen molar-refractivity contribution in [2.75, 3.05) is 26.1 Å². The predicted molar refractivity (Wildman–Crippen MR) is 66.6 cm³/mol. The lowest BCUT2D eigenvalue weighted by atomic mass is 10.0. The lowest BCUT2D eigenvalue weighted by molar-refractivity contribution is -0.138. The number of carbonyl (C=O) groups is 1. The van der Waals surface area contributed by atoms with Gasteiger partial charge in [0, 0.05) is 26.2 Å². The highest BCUT2D eigenvalue weighted by Gasteiger charge is 2.15. The number of ether oxygens (including phenoxy) is 1. The highest BCUT2D eigenvalue weighted by atomic mass is 16.5. The molecule has 0 aliphatic carbocycles. The van der Waals surface area contributed by atoms with Gasteiger partial charge in [-0.2, -0.15) is 0 Å². The number of hydrogen-bond donors (Lipinski definition) is 2. The first-order valence-corrected chi connectivity index (χ1v) is 5.28. The smallest absolute Gasteiger partial charge is 0.320 e. The lowest BCUT2D eigenvalue weighted by Crippen LogP contribution is -2.32. The average Bonchev–Trinajstić information content (AvgIpc) is 2.28. The standard InChI is InChI=1S/C12H18N2O3/c1-14(2)9-4-5-11(17-3)8(6-9)7-10(13)12(15)16/h4-6,10H,7,13H2,1-3H3,(H,15,16). The van der Waals surface area contributed by atoms with E-state index in [1.807, 2.05) is 37.2 Å². The van der Waals surface area contributed by atoms with Gasteiger partial charge in [0.1, 0.15) is 11.8 Å². The zero-order valence-electron chi connectivity index (χ0n) is 10.3. The first kappa shape index (κ1) is 13.3. The third-order valence-corrected chi connectivity index (χ3v) is 2.54. The summed E-state index contributed by atoms with van der Waals surface area (Å²) in [6.07, 6.45) is 0.250. The van der Waals surface area contributed by atoms with Crippen molar-refractivity contribution in [2.24, 2.45) is 5.73 Å². The van der Waals surface area contributed by atoms with Gasteiger partial charge in [0.05, 0.1) is 7.11 Å². The normalized spacial score (nSPS) is 12.0. The molecule has 0 fully saturated rings. The molecule has 0 aliphatic heterocycles. The molecule has 5 nitrogen and oxygen atoms in total. The van der Waals surface area contributed by atoms with Gasteiger partial charge in [-0.05, 0) is 23.8 Å². The molecule has 1 unspecified atom stereocenters. The second-order valence-electron chi connectivity index (χ2n) is 4.04. The zero-order valence-corrected chi connectivity index (χ0v) is 10.3. The number of hydrogen-bond acceptors (Lipinski definition) is 4. The van der Waals surface area contributed by atoms with Crippen LogP contribution in [0.4, 0.5) is 5.69 Å². The van der Waals surface area contributed by atoms with Crippen molar-refractivity contribution in [3.05, 3.63) is 23.8 Å². The Balaban J connectivity index is 3.01. The molecule has 3 N–H and O–H groups in total. The van der Waals surface area contributed by atoms with Gasteiger partial charge in [0.2, 0.25) is 0 Å². The minimum absolute atomic E-state index is 0.250. The Hall–Kier alpha value is -1.75. The molecule has 1 atom stereocenters. The van der Waals surface area contributed by atoms with Crippen LogP contribution >= 0.6 is 0 Å². The number of anilines is 1. The van der Waals surface area contributed by atoms with Crippen LogP contribution in [0.3, 0.4) is 0 Å². The topological polar surface area (TPSA) is 75.8 Å². The van der Waals surface area contributed by atoms with Crippen molar-refractivity contribution < 1.29 is 14.6 Å². The molecule has 0 amide bonds. The Morgan fingerprint density at radius 2 is 2.18 bits per heavy atom. The molecule has 0 aromatic heterocycles. The molecule has 0 aliphatic rings. The SMILES string of the molecule is COc1ccc(N(C)C)cc1CC(N)C(=O)O. The van der Waals surface area contributed by atoms with Crippen LogP contribution in [0.2, 0.25) is 0 Å². The van der Waals surface area contributed by atoms with Gasteiger partial charge in [0.15, 0.2) is 0 Å². The van der Waals surface area contributed by atoms with Crippen LogP contribution in [0.25, 0.3) is 0 Å². The molecule has 17 heavy (non-hydrogen) atoms. The Morgan fingerprint density at radius 1 is 1.53 bits per heavy atom. The van der Waals surface area contributed by atoms with Gasteiger partial charge < -0.3 is 20.5 Å². The number of methoxy groups -OCH3 is 1. The highest BCUT2D eigenvalue weighted by molar-refractivity contribution is 5.74. The molecule has 0 heterocycles. The number of carboxylic acids is 1. The van der Waals surface area contributed by atoms with Crippen molar-refractivity contribution in [3.63, 3.8) is 0 Å². The fraction of sp³-hybridized carbons (Fsp3) is 0.417. The zero-order chi connectivity index (χ0) is 13.0. The molecule has 94 valence electrons. The summed E-state index contributed by atoms with van der Waals surface area (Å²) in [6.45, 7) is 0. The summed E-state index contributed by atoms with van der Waals surface area (Å²) in [4.78, 5) is 12.7. The van der Waals surface area contributed by atoms with Crippen LogP contribution in [0.5, 0.6) is 5.75 Å². The van der Waals surface area contributed by atoms with E-state index in [0.29, 0.717) is 5.75 Å². The number of rotatable bonds is 5. The summed E-state index contributed by atoms with van der Waals surface area (Å²) in [7, 11) is 5.39. The van der Waals surface area contributed by atoms with Gasteiger partial charge in [0.25, 0.3) is 0 Å². The van der Waals surface area contributed by atoms with Crippen LogP contribution in [0.1, 0.15) is 5.56 Å². The third kappa shape index (κ3) is 3.35. The summed E-state index contributed by atoms with van der Waals surface area (Å²) in [5.41, 5.74) is 7.31. The largest absolute Gasteiger partial charge is 0.496 e. The minimum Gasteiger partial charge on any atom is -0.496 e. The molecule has 0 saturated heterocycles. The van der Waals surface area contributed by atoms with E-state index in [9.17, 15) is 4.79 Å². The summed E-state index contributed by atoms with van der Waals surface area (Å²) >= 11 is 0. The second kappa shape index (κ2) is 5.54. The lowest BCUT2D eigenvalue weighted by Gasteiger charge is -2.17. The Labute approximate surface area is 101 Å². The summed E-state index contributed by atoms with van der Waals surface area (Å²) in [5.74, 6) is -0.352. The van der Waals surface area contributed by atoms with Gasteiger partial charge in [-0.15, -0.1) is 0 Å². The van der Waals surface area contributed by atoms with Crippen molar-refractivity contribution in [3.8, 4) is 5.75 Å². The number of aliphatic carboxylic acids is 1. The quantitative estimate of drug-likeness (QED) is 0.790. The fourth-order valence-electron chi connectivity index (χ4n) is 1.53. The predicted octanol–water partition coefficient (Wildman–Crippen LogP) is 0.716. The molecule has 0 bridgehead atoms. The Morgan fingerprint density at radius 3 is 2.65 bits per heavy atom. The van der Waals surface area contributed by atoms with Crippen molar-refractivity contribution in [1.29, 1.82) is 0 Å². The number of nitrogens with two attached hydrogens (primary N) is 1. The maximum Gasteiger partial charge on any atom is 0.320 e. The molecule has 0 radical (unpaired) electrons. The molecule has 1 aromatic rings. The van der Waals surface area contributed by atoms with Crippen LogP contribution in [0, 0.1) is 0 Å². The van der Waals surface area contributed by atoms with E-state index in [-0.39, 0.29) is 6.42 Å². The summed E-state index contributed by atoms with van der Waals surface area (Å²) < 4.78 is 5.19. The molecular formula is C12H18N2O3. The van der Waals surface area contributed by atoms with Crippen molar-refractivity contribution >= 4 is 11.7 Å². The first-order valence-electron chi connectivity index (χ1n) is 5.28. The van der Waals surface area contributed by atoms with E-state index in [4.69, 9.17) is 15.6 Å². The number of nitrogens with zero attached hydrogens (tertiary/aromatic N) is 1. The van der Waals surface area contributed by atoms with E-state index < -0.39 is 12.0 Å². The second-order valence-corrected chi connectivity index (χ2v) is 4.04. The molecule has 1 rings (SSSR count). The van der Waals surface area contributed by atoms with Crippen LogP contribution < -0.4 is 15.4 Å². The van der Waals surface area contributed by atoms with Crippen LogP contribution in [-0.2, 0) is 11.2 Å². The summed E-state index contributed by atoms with van der Waals surface area (Å²) in [6, 6.07) is 4.71. The Kier molecular flexibility index (Phi) is 4.34. The maximum absolute atomic E-state index is 10.7. The average molecular weight is 238 g/mol. The van der Waals surface area contributed by atoms with Crippen LogP contribution in [0.15, 0.2) is 18.2 Å². The molecule has 0 spiro atoms. The number of carboxylic acid groups (broad SMARTS) is 1. The van der Waals surface area contributed by atoms with E-state index in [1.165, 1.54) is 0 Å². The van der Waals surface area contributed by atoms with Crippen molar-refractivity contribution in [2.45, 2.75) is 12.5 Å². The van der Waals surface area contributed by atoms with Gasteiger partial charge in [-0.3, -0.25) is 4.79 Å². The molecule has 1 aromatic carbocycles. The fourth-order valence-corrected chi connectivity index (χ4v) is 1.53. The van der Waals surface area contributed by atoms with Crippen LogP contribution in [-0.4, -0.2) is 38.3 Å². The van der Waals surface area contributed by atoms with E-state index in [0.717, 1.165) is 11.3 Å². The highest BCUT2D eigenvalue weighted by Crippen LogP contribution is 2.25. The third-order valence-electron chi connectivity index (χ3n) is 2.54. The summed E-state index contributed by atoms with van der Waals surface area (Å²) in [5, 5.41) is 8.81. The van der Waals surface area contributed by atoms with Gasteiger partial charge in [-0.1, -0.05) is 0 Å². The Bertz CT molecular complexity index is 405. The van der Waals surface area contributed by atoms with Gasteiger partial charge >= 0.3 is 5.97 Å². The molecular weight excluding hydrogens is 220 g/mol. The van der Waals surface area contributed by atoms with E-state index in [1.54, 1.807) is 7.11 Å². The molecule has 0 saturated carbocycles. The monoisotopic (exact) mass is 238 g/mol.